The quantitative estimate of drug-likeness (QED) is 0.414. The fourth-order valence-electron chi connectivity index (χ4n) is 4.42. The van der Waals surface area contributed by atoms with Gasteiger partial charge in [0.15, 0.2) is 11.5 Å². The number of hydrogen-bond donors (Lipinski definition) is 0. The average molecular weight is 496 g/mol. The lowest BCUT2D eigenvalue weighted by Gasteiger charge is -2.20. The lowest BCUT2D eigenvalue weighted by Crippen LogP contribution is -2.23. The molecule has 0 saturated heterocycles. The number of aromatic nitrogens is 1. The van der Waals surface area contributed by atoms with Crippen molar-refractivity contribution in [2.45, 2.75) is 30.8 Å². The van der Waals surface area contributed by atoms with E-state index in [9.17, 15) is 13.2 Å². The summed E-state index contributed by atoms with van der Waals surface area (Å²) in [5, 5.41) is 0. The van der Waals surface area contributed by atoms with Crippen LogP contribution >= 0.6 is 0 Å². The number of ketones is 1. The van der Waals surface area contributed by atoms with Crippen LogP contribution in [0.25, 0.3) is 0 Å². The molecule has 35 heavy (non-hydrogen) atoms. The number of carbonyl (C=O) groups excluding carboxylic acids is 1. The molecule has 0 radical (unpaired) electrons. The van der Waals surface area contributed by atoms with Crippen molar-refractivity contribution >= 4 is 15.9 Å². The van der Waals surface area contributed by atoms with E-state index < -0.39 is 21.6 Å². The Kier molecular flexibility index (Phi) is 5.98. The second-order valence-corrected chi connectivity index (χ2v) is 10.4. The molecule has 182 valence electrons. The predicted octanol–water partition coefficient (Wildman–Crippen LogP) is 3.73. The van der Waals surface area contributed by atoms with Gasteiger partial charge in [0.05, 0.1) is 18.8 Å². The number of rotatable bonds is 9. The van der Waals surface area contributed by atoms with Gasteiger partial charge in [-0.1, -0.05) is 30.3 Å². The van der Waals surface area contributed by atoms with Gasteiger partial charge in [0.25, 0.3) is 10.1 Å². The number of ether oxygens (including phenoxy) is 3. The topological polar surface area (TPSA) is 101 Å². The van der Waals surface area contributed by atoms with Gasteiger partial charge < -0.3 is 14.2 Å². The third kappa shape index (κ3) is 4.74. The number of hydrogen-bond acceptors (Lipinski definition) is 8. The molecule has 2 aromatic carbocycles. The first kappa shape index (κ1) is 23.3. The summed E-state index contributed by atoms with van der Waals surface area (Å²) in [4.78, 5) is 17.7. The Morgan fingerprint density at radius 1 is 1.09 bits per heavy atom. The molecule has 1 aliphatic carbocycles. The largest absolute Gasteiger partial charge is 0.496 e. The van der Waals surface area contributed by atoms with E-state index in [0.717, 1.165) is 24.7 Å². The minimum Gasteiger partial charge on any atom is -0.496 e. The zero-order chi connectivity index (χ0) is 24.6. The van der Waals surface area contributed by atoms with Crippen molar-refractivity contribution in [3.05, 3.63) is 83.2 Å². The molecule has 1 unspecified atom stereocenters. The van der Waals surface area contributed by atoms with Crippen LogP contribution in [0.1, 0.15) is 41.3 Å². The SMILES string of the molecule is COc1ccccc1C(OS(C)(=O)=O)c1ccc(CC(=O)C2(c3ccc4c(c3)OCO4)CC2)nc1. The van der Waals surface area contributed by atoms with Gasteiger partial charge in [-0.05, 0) is 42.7 Å². The van der Waals surface area contributed by atoms with Gasteiger partial charge in [-0.25, -0.2) is 0 Å². The smallest absolute Gasteiger partial charge is 0.265 e. The Labute approximate surface area is 203 Å². The molecule has 8 nitrogen and oxygen atoms in total. The van der Waals surface area contributed by atoms with E-state index in [1.807, 2.05) is 18.2 Å². The summed E-state index contributed by atoms with van der Waals surface area (Å²) in [6.45, 7) is 0.189. The van der Waals surface area contributed by atoms with Gasteiger partial charge in [0.1, 0.15) is 17.6 Å². The van der Waals surface area contributed by atoms with Gasteiger partial charge in [-0.2, -0.15) is 8.42 Å². The van der Waals surface area contributed by atoms with Crippen LogP contribution in [0.15, 0.2) is 60.8 Å². The maximum absolute atomic E-state index is 13.3. The second-order valence-electron chi connectivity index (χ2n) is 8.76. The van der Waals surface area contributed by atoms with Crippen LogP contribution in [-0.2, 0) is 30.9 Å². The standard InChI is InChI=1S/C26H25NO7S/c1-31-21-6-4-3-5-20(21)25(34-35(2,29)30)17-7-9-19(27-15-17)14-24(28)26(11-12-26)18-8-10-22-23(13-18)33-16-32-22/h3-10,13,15,25H,11-12,14,16H2,1-2H3. The van der Waals surface area contributed by atoms with Crippen LogP contribution < -0.4 is 14.2 Å². The number of para-hydroxylation sites is 1. The van der Waals surface area contributed by atoms with E-state index in [-0.39, 0.29) is 19.0 Å². The van der Waals surface area contributed by atoms with Crippen molar-refractivity contribution < 1.29 is 31.6 Å². The van der Waals surface area contributed by atoms with Crippen molar-refractivity contribution in [2.75, 3.05) is 20.2 Å². The molecule has 1 saturated carbocycles. The number of methoxy groups -OCH3 is 1. The molecule has 1 aliphatic heterocycles. The van der Waals surface area contributed by atoms with Crippen molar-refractivity contribution in [3.8, 4) is 17.2 Å². The number of carbonyl (C=O) groups is 1. The fraction of sp³-hybridized carbons (Fsp3) is 0.308. The van der Waals surface area contributed by atoms with Crippen LogP contribution in [0.4, 0.5) is 0 Å². The number of benzene rings is 2. The van der Waals surface area contributed by atoms with Gasteiger partial charge in [-0.15, -0.1) is 0 Å². The number of fused-ring (bicyclic) bond motifs is 1. The highest BCUT2D eigenvalue weighted by molar-refractivity contribution is 7.86. The summed E-state index contributed by atoms with van der Waals surface area (Å²) in [7, 11) is -2.27. The van der Waals surface area contributed by atoms with Crippen LogP contribution in [0.5, 0.6) is 17.2 Å². The summed E-state index contributed by atoms with van der Waals surface area (Å²) in [5.74, 6) is 1.94. The summed E-state index contributed by atoms with van der Waals surface area (Å²) in [6, 6.07) is 16.2. The zero-order valence-electron chi connectivity index (χ0n) is 19.4. The summed E-state index contributed by atoms with van der Waals surface area (Å²) < 4.78 is 45.6. The highest BCUT2D eigenvalue weighted by Gasteiger charge is 2.51. The van der Waals surface area contributed by atoms with Crippen LogP contribution in [0.2, 0.25) is 0 Å². The predicted molar refractivity (Wildman–Crippen MR) is 127 cm³/mol. The molecule has 1 aromatic heterocycles. The molecule has 0 bridgehead atoms. The highest BCUT2D eigenvalue weighted by Crippen LogP contribution is 2.51. The highest BCUT2D eigenvalue weighted by atomic mass is 32.2. The Morgan fingerprint density at radius 2 is 1.86 bits per heavy atom. The third-order valence-electron chi connectivity index (χ3n) is 6.39. The molecule has 1 atom stereocenters. The normalized spacial score (nSPS) is 16.5. The molecule has 9 heteroatoms. The van der Waals surface area contributed by atoms with Crippen molar-refractivity contribution in [3.63, 3.8) is 0 Å². The molecule has 0 N–H and O–H groups in total. The van der Waals surface area contributed by atoms with Crippen LogP contribution in [0, 0.1) is 0 Å². The molecular formula is C26H25NO7S. The van der Waals surface area contributed by atoms with Crippen molar-refractivity contribution in [1.82, 2.24) is 4.98 Å². The van der Waals surface area contributed by atoms with Crippen molar-refractivity contribution in [2.24, 2.45) is 0 Å². The first-order valence-corrected chi connectivity index (χ1v) is 13.0. The molecule has 3 aromatic rings. The Balaban J connectivity index is 1.37. The van der Waals surface area contributed by atoms with Crippen molar-refractivity contribution in [1.29, 1.82) is 0 Å². The summed E-state index contributed by atoms with van der Waals surface area (Å²) >= 11 is 0. The maximum Gasteiger partial charge on any atom is 0.265 e. The number of nitrogens with zero attached hydrogens (tertiary/aromatic N) is 1. The van der Waals surface area contributed by atoms with E-state index in [1.54, 1.807) is 42.6 Å². The molecule has 0 amide bonds. The van der Waals surface area contributed by atoms with E-state index in [2.05, 4.69) is 4.98 Å². The lowest BCUT2D eigenvalue weighted by atomic mass is 9.88. The molecule has 0 spiro atoms. The summed E-state index contributed by atoms with van der Waals surface area (Å²) in [5.41, 5.74) is 2.10. The first-order chi connectivity index (χ1) is 16.8. The lowest BCUT2D eigenvalue weighted by molar-refractivity contribution is -0.120. The second kappa shape index (κ2) is 8.98. The Bertz CT molecular complexity index is 1360. The van der Waals surface area contributed by atoms with Gasteiger partial charge in [0, 0.05) is 29.4 Å². The molecule has 2 heterocycles. The first-order valence-electron chi connectivity index (χ1n) is 11.2. The van der Waals surface area contributed by atoms with Crippen LogP contribution in [-0.4, -0.2) is 39.3 Å². The summed E-state index contributed by atoms with van der Waals surface area (Å²) in [6.07, 6.45) is 3.35. The average Bonchev–Trinajstić information content (AvgIpc) is 3.53. The zero-order valence-corrected chi connectivity index (χ0v) is 20.2. The van der Waals surface area contributed by atoms with E-state index in [1.165, 1.54) is 7.11 Å². The Hall–Kier alpha value is -3.43. The Morgan fingerprint density at radius 3 is 2.54 bits per heavy atom. The van der Waals surface area contributed by atoms with E-state index in [4.69, 9.17) is 18.4 Å². The van der Waals surface area contributed by atoms with Crippen LogP contribution in [0.3, 0.4) is 0 Å². The number of pyridine rings is 1. The van der Waals surface area contributed by atoms with Gasteiger partial charge >= 0.3 is 0 Å². The minimum absolute atomic E-state index is 0.0882. The van der Waals surface area contributed by atoms with Gasteiger partial charge in [-0.3, -0.25) is 14.0 Å². The third-order valence-corrected chi connectivity index (χ3v) is 6.94. The number of Topliss-reactive ketones (excluding diaryl/α,β-unsaturated/α-hetero) is 1. The maximum atomic E-state index is 13.3. The molecular weight excluding hydrogens is 470 g/mol. The van der Waals surface area contributed by atoms with E-state index >= 15 is 0 Å². The molecule has 2 aliphatic rings. The monoisotopic (exact) mass is 495 g/mol. The fourth-order valence-corrected chi connectivity index (χ4v) is 4.99. The van der Waals surface area contributed by atoms with Gasteiger partial charge in [0.2, 0.25) is 6.79 Å². The minimum atomic E-state index is -3.78. The van der Waals surface area contributed by atoms with E-state index in [0.29, 0.717) is 34.1 Å². The molecule has 5 rings (SSSR count). The molecule has 1 fully saturated rings.